The number of halogens is 2. The summed E-state index contributed by atoms with van der Waals surface area (Å²) in [5.41, 5.74) is 1.79. The minimum absolute atomic E-state index is 0.236. The van der Waals surface area contributed by atoms with E-state index in [0.29, 0.717) is 39.4 Å². The van der Waals surface area contributed by atoms with Crippen LogP contribution < -0.4 is 0 Å². The number of rotatable bonds is 7. The molecule has 0 radical (unpaired) electrons. The maximum Gasteiger partial charge on any atom is 0.338 e. The highest BCUT2D eigenvalue weighted by Crippen LogP contribution is 2.47. The first-order chi connectivity index (χ1) is 17.5. The summed E-state index contributed by atoms with van der Waals surface area (Å²) in [6.45, 7) is 2.72. The van der Waals surface area contributed by atoms with Crippen molar-refractivity contribution in [3.8, 4) is 11.3 Å². The highest BCUT2D eigenvalue weighted by Gasteiger charge is 2.59. The van der Waals surface area contributed by atoms with Crippen molar-refractivity contribution in [1.82, 2.24) is 5.16 Å². The Hall–Kier alpha value is -2.42. The minimum atomic E-state index is -0.763. The molecule has 2 saturated heterocycles. The number of carbonyl (C=O) groups excluding carboxylic acids is 1. The quantitative estimate of drug-likeness (QED) is 0.356. The zero-order valence-electron chi connectivity index (χ0n) is 19.6. The van der Waals surface area contributed by atoms with Crippen molar-refractivity contribution >= 4 is 29.2 Å². The fourth-order valence-electron chi connectivity index (χ4n) is 5.03. The van der Waals surface area contributed by atoms with Gasteiger partial charge in [0.05, 0.1) is 35.4 Å². The summed E-state index contributed by atoms with van der Waals surface area (Å²) in [6.07, 6.45) is 0.757. The zero-order valence-corrected chi connectivity index (χ0v) is 21.1. The average Bonchev–Trinajstić information content (AvgIpc) is 3.45. The summed E-state index contributed by atoms with van der Waals surface area (Å²) in [7, 11) is 0. The number of esters is 1. The first-order valence-electron chi connectivity index (χ1n) is 12.0. The van der Waals surface area contributed by atoms with Gasteiger partial charge in [-0.25, -0.2) is 4.79 Å². The lowest BCUT2D eigenvalue weighted by atomic mass is 9.94. The molecule has 4 atom stereocenters. The van der Waals surface area contributed by atoms with Gasteiger partial charge in [0.1, 0.15) is 29.3 Å². The molecule has 1 aliphatic carbocycles. The predicted molar refractivity (Wildman–Crippen MR) is 132 cm³/mol. The van der Waals surface area contributed by atoms with Crippen LogP contribution in [0.2, 0.25) is 10.0 Å². The molecule has 0 spiro atoms. The van der Waals surface area contributed by atoms with Gasteiger partial charge in [-0.15, -0.1) is 0 Å². The van der Waals surface area contributed by atoms with Crippen LogP contribution in [0.25, 0.3) is 11.3 Å². The van der Waals surface area contributed by atoms with Crippen molar-refractivity contribution in [2.75, 3.05) is 13.2 Å². The van der Waals surface area contributed by atoms with Crippen molar-refractivity contribution in [1.29, 1.82) is 0 Å². The van der Waals surface area contributed by atoms with Crippen LogP contribution in [0, 0.1) is 0 Å². The molecule has 36 heavy (non-hydrogen) atoms. The summed E-state index contributed by atoms with van der Waals surface area (Å²) in [5.74, 6) is 0.726. The second-order valence-corrected chi connectivity index (χ2v) is 10.4. The fraction of sp³-hybridized carbons (Fsp3) is 0.407. The third kappa shape index (κ3) is 4.23. The Morgan fingerprint density at radius 3 is 2.56 bits per heavy atom. The van der Waals surface area contributed by atoms with Gasteiger partial charge in [-0.2, -0.15) is 0 Å². The molecule has 9 heteroatoms. The van der Waals surface area contributed by atoms with E-state index >= 15 is 0 Å². The lowest BCUT2D eigenvalue weighted by Gasteiger charge is -2.28. The zero-order chi connectivity index (χ0) is 24.9. The van der Waals surface area contributed by atoms with Crippen molar-refractivity contribution in [2.45, 2.75) is 56.2 Å². The molecule has 3 aromatic rings. The summed E-state index contributed by atoms with van der Waals surface area (Å²) in [4.78, 5) is 12.6. The molecule has 6 rings (SSSR count). The number of aromatic nitrogens is 1. The maximum absolute atomic E-state index is 12.6. The Labute approximate surface area is 218 Å². The van der Waals surface area contributed by atoms with Gasteiger partial charge in [0.2, 0.25) is 0 Å². The van der Waals surface area contributed by atoms with E-state index in [9.17, 15) is 4.79 Å². The smallest absolute Gasteiger partial charge is 0.338 e. The van der Waals surface area contributed by atoms with E-state index in [4.69, 9.17) is 46.7 Å². The Balaban J connectivity index is 1.19. The Morgan fingerprint density at radius 2 is 1.83 bits per heavy atom. The van der Waals surface area contributed by atoms with Gasteiger partial charge in [-0.05, 0) is 44.0 Å². The van der Waals surface area contributed by atoms with Crippen LogP contribution in [0.4, 0.5) is 0 Å². The standard InChI is InChI=1S/C27H25Cl2NO6/c1-27-21(14-33-25(27)20(13-34-27)35-26(31)16-6-3-2-4-7-16)32-12-17-23(30-36-24(17)15-10-11-15)22-18(28)8-5-9-19(22)29/h2-9,15,20-21,25H,10-14H2,1H3/t20-,21-,25+,27+/m0/s1. The van der Waals surface area contributed by atoms with Gasteiger partial charge in [0.15, 0.2) is 6.10 Å². The Kier molecular flexibility index (Phi) is 6.30. The number of benzene rings is 2. The largest absolute Gasteiger partial charge is 0.453 e. The highest BCUT2D eigenvalue weighted by atomic mass is 35.5. The average molecular weight is 530 g/mol. The molecule has 7 nitrogen and oxygen atoms in total. The molecule has 2 aromatic carbocycles. The first kappa shape index (κ1) is 23.9. The lowest BCUT2D eigenvalue weighted by molar-refractivity contribution is -0.0972. The van der Waals surface area contributed by atoms with E-state index in [0.717, 1.165) is 24.2 Å². The SMILES string of the molecule is C[C@]12OC[C@H](OC(=O)c3ccccc3)[C@H]1OC[C@@H]2OCc1c(-c2c(Cl)cccc2Cl)noc1C1CC1. The van der Waals surface area contributed by atoms with Crippen LogP contribution in [0.5, 0.6) is 0 Å². The predicted octanol–water partition coefficient (Wildman–Crippen LogP) is 5.82. The normalized spacial score (nSPS) is 27.2. The van der Waals surface area contributed by atoms with E-state index in [1.165, 1.54) is 0 Å². The summed E-state index contributed by atoms with van der Waals surface area (Å²) < 4.78 is 30.0. The van der Waals surface area contributed by atoms with Crippen LogP contribution in [0.15, 0.2) is 53.1 Å². The topological polar surface area (TPSA) is 80.0 Å². The fourth-order valence-corrected chi connectivity index (χ4v) is 5.60. The maximum atomic E-state index is 12.6. The van der Waals surface area contributed by atoms with Crippen molar-refractivity contribution in [2.24, 2.45) is 0 Å². The molecule has 0 amide bonds. The van der Waals surface area contributed by atoms with Gasteiger partial charge in [0.25, 0.3) is 0 Å². The number of ether oxygens (including phenoxy) is 4. The first-order valence-corrected chi connectivity index (χ1v) is 12.8. The summed E-state index contributed by atoms with van der Waals surface area (Å²) in [5, 5.41) is 5.32. The molecule has 2 aliphatic heterocycles. The van der Waals surface area contributed by atoms with Gasteiger partial charge < -0.3 is 23.5 Å². The third-order valence-corrected chi connectivity index (χ3v) is 7.82. The Morgan fingerprint density at radius 1 is 1.08 bits per heavy atom. The van der Waals surface area contributed by atoms with Gasteiger partial charge in [0, 0.05) is 17.0 Å². The lowest BCUT2D eigenvalue weighted by Crippen LogP contribution is -2.46. The van der Waals surface area contributed by atoms with E-state index in [1.54, 1.807) is 42.5 Å². The van der Waals surface area contributed by atoms with Crippen molar-refractivity contribution in [3.63, 3.8) is 0 Å². The summed E-state index contributed by atoms with van der Waals surface area (Å²) in [6, 6.07) is 14.2. The van der Waals surface area contributed by atoms with Crippen molar-refractivity contribution < 1.29 is 28.3 Å². The van der Waals surface area contributed by atoms with Crippen LogP contribution in [0.3, 0.4) is 0 Å². The van der Waals surface area contributed by atoms with Crippen molar-refractivity contribution in [3.05, 3.63) is 75.5 Å². The molecule has 3 fully saturated rings. The number of hydrogen-bond acceptors (Lipinski definition) is 7. The van der Waals surface area contributed by atoms with Crippen LogP contribution in [0.1, 0.15) is 47.4 Å². The molecule has 3 heterocycles. The molecule has 0 bridgehead atoms. The van der Waals surface area contributed by atoms with Gasteiger partial charge in [-0.1, -0.05) is 52.6 Å². The minimum Gasteiger partial charge on any atom is -0.453 e. The third-order valence-electron chi connectivity index (χ3n) is 7.19. The second-order valence-electron chi connectivity index (χ2n) is 9.60. The molecule has 0 N–H and O–H groups in total. The van der Waals surface area contributed by atoms with Crippen LogP contribution >= 0.6 is 23.2 Å². The number of nitrogens with zero attached hydrogens (tertiary/aromatic N) is 1. The van der Waals surface area contributed by atoms with Crippen LogP contribution in [-0.2, 0) is 25.6 Å². The summed E-state index contributed by atoms with van der Waals surface area (Å²) >= 11 is 13.0. The van der Waals surface area contributed by atoms with E-state index < -0.39 is 23.8 Å². The molecule has 1 aromatic heterocycles. The number of carbonyl (C=O) groups is 1. The second kappa shape index (κ2) is 9.47. The number of hydrogen-bond donors (Lipinski definition) is 0. The molecular formula is C27H25Cl2NO6. The molecule has 0 unspecified atom stereocenters. The van der Waals surface area contributed by atoms with E-state index in [1.807, 2.05) is 13.0 Å². The monoisotopic (exact) mass is 529 g/mol. The van der Waals surface area contributed by atoms with E-state index in [2.05, 4.69) is 5.16 Å². The molecule has 1 saturated carbocycles. The molecule has 3 aliphatic rings. The highest BCUT2D eigenvalue weighted by molar-refractivity contribution is 6.39. The van der Waals surface area contributed by atoms with Gasteiger partial charge >= 0.3 is 5.97 Å². The number of fused-ring (bicyclic) bond motifs is 1. The Bertz CT molecular complexity index is 1260. The molecule has 188 valence electrons. The van der Waals surface area contributed by atoms with Gasteiger partial charge in [-0.3, -0.25) is 0 Å². The van der Waals surface area contributed by atoms with Crippen LogP contribution in [-0.4, -0.2) is 48.3 Å². The molecular weight excluding hydrogens is 505 g/mol. The van der Waals surface area contributed by atoms with E-state index in [-0.39, 0.29) is 19.3 Å².